The van der Waals surface area contributed by atoms with E-state index in [-0.39, 0.29) is 5.91 Å². The molecule has 0 unspecified atom stereocenters. The second-order valence-electron chi connectivity index (χ2n) is 7.88. The number of furan rings is 1. The summed E-state index contributed by atoms with van der Waals surface area (Å²) < 4.78 is 11.3. The fraction of sp³-hybridized carbons (Fsp3) is 0.750. The first-order valence-corrected chi connectivity index (χ1v) is 9.93. The highest BCUT2D eigenvalue weighted by Gasteiger charge is 2.56. The second kappa shape index (κ2) is 7.12. The Morgan fingerprint density at radius 1 is 1.36 bits per heavy atom. The molecule has 3 fully saturated rings. The van der Waals surface area contributed by atoms with Crippen molar-refractivity contribution in [2.24, 2.45) is 5.41 Å². The van der Waals surface area contributed by atoms with Crippen LogP contribution in [-0.2, 0) is 4.74 Å². The number of likely N-dealkylation sites (tertiary alicyclic amines) is 1. The number of ether oxygens (including phenoxy) is 1. The first kappa shape index (κ1) is 17.1. The van der Waals surface area contributed by atoms with Gasteiger partial charge in [-0.3, -0.25) is 4.79 Å². The molecule has 1 saturated heterocycles. The maximum Gasteiger partial charge on any atom is 0.289 e. The largest absolute Gasteiger partial charge is 0.459 e. The number of piperidine rings is 1. The third-order valence-corrected chi connectivity index (χ3v) is 6.64. The summed E-state index contributed by atoms with van der Waals surface area (Å²) in [6, 6.07) is 4.64. The number of nitrogens with zero attached hydrogens (tertiary/aromatic N) is 1. The van der Waals surface area contributed by atoms with Gasteiger partial charge in [-0.25, -0.2) is 0 Å². The fourth-order valence-electron chi connectivity index (χ4n) is 5.21. The van der Waals surface area contributed by atoms with E-state index < -0.39 is 0 Å². The van der Waals surface area contributed by atoms with Crippen LogP contribution in [0.25, 0.3) is 0 Å². The molecule has 2 aliphatic carbocycles. The Hall–Kier alpha value is -1.33. The lowest BCUT2D eigenvalue weighted by Crippen LogP contribution is -2.65. The van der Waals surface area contributed by atoms with Crippen LogP contribution < -0.4 is 5.32 Å². The lowest BCUT2D eigenvalue weighted by atomic mass is 9.60. The predicted molar refractivity (Wildman–Crippen MR) is 95.5 cm³/mol. The minimum absolute atomic E-state index is 0.0239. The van der Waals surface area contributed by atoms with E-state index in [1.807, 2.05) is 4.90 Å². The summed E-state index contributed by atoms with van der Waals surface area (Å²) in [6.45, 7) is 4.55. The lowest BCUT2D eigenvalue weighted by Gasteiger charge is -2.55. The van der Waals surface area contributed by atoms with Gasteiger partial charge in [0.25, 0.3) is 5.91 Å². The summed E-state index contributed by atoms with van der Waals surface area (Å²) in [4.78, 5) is 14.3. The van der Waals surface area contributed by atoms with E-state index in [0.29, 0.717) is 29.4 Å². The van der Waals surface area contributed by atoms with Crippen molar-refractivity contribution in [1.29, 1.82) is 0 Å². The number of nitrogens with one attached hydrogen (secondary N) is 1. The van der Waals surface area contributed by atoms with Gasteiger partial charge in [0.15, 0.2) is 5.76 Å². The van der Waals surface area contributed by atoms with Crippen molar-refractivity contribution >= 4 is 5.91 Å². The van der Waals surface area contributed by atoms with Crippen molar-refractivity contribution in [2.75, 3.05) is 19.7 Å². The third kappa shape index (κ3) is 3.13. The van der Waals surface area contributed by atoms with E-state index in [1.165, 1.54) is 25.7 Å². The Kier molecular flexibility index (Phi) is 4.87. The van der Waals surface area contributed by atoms with Gasteiger partial charge in [-0.2, -0.15) is 0 Å². The normalized spacial score (nSPS) is 29.1. The predicted octanol–water partition coefficient (Wildman–Crippen LogP) is 3.21. The summed E-state index contributed by atoms with van der Waals surface area (Å²) in [7, 11) is 0. The summed E-state index contributed by atoms with van der Waals surface area (Å²) in [5.41, 5.74) is 0.386. The Morgan fingerprint density at radius 2 is 2.12 bits per heavy atom. The SMILES string of the molecule is CCO[C@H]1C[C@@H](NC2CCN(C(=O)c3ccco3)CC2)C12CCCC2. The molecule has 1 aromatic rings. The zero-order chi connectivity index (χ0) is 17.3. The number of amides is 1. The zero-order valence-corrected chi connectivity index (χ0v) is 15.2. The fourth-order valence-corrected chi connectivity index (χ4v) is 5.21. The molecule has 1 N–H and O–H groups in total. The Labute approximate surface area is 150 Å². The van der Waals surface area contributed by atoms with Crippen molar-refractivity contribution < 1.29 is 13.9 Å². The van der Waals surface area contributed by atoms with Gasteiger partial charge >= 0.3 is 0 Å². The molecule has 1 amide bonds. The molecule has 5 heteroatoms. The van der Waals surface area contributed by atoms with Gasteiger partial charge in [0, 0.05) is 37.2 Å². The minimum atomic E-state index is 0.0239. The first-order chi connectivity index (χ1) is 12.2. The number of carbonyl (C=O) groups is 1. The molecule has 3 aliphatic rings. The maximum absolute atomic E-state index is 12.4. The molecule has 4 rings (SSSR count). The lowest BCUT2D eigenvalue weighted by molar-refractivity contribution is -0.133. The Bertz CT molecular complexity index is 572. The van der Waals surface area contributed by atoms with E-state index in [0.717, 1.165) is 39.0 Å². The number of hydrogen-bond donors (Lipinski definition) is 1. The third-order valence-electron chi connectivity index (χ3n) is 6.64. The van der Waals surface area contributed by atoms with Crippen LogP contribution in [0, 0.1) is 5.41 Å². The summed E-state index contributed by atoms with van der Waals surface area (Å²) in [6.07, 6.45) is 10.5. The number of carbonyl (C=O) groups excluding carboxylic acids is 1. The van der Waals surface area contributed by atoms with Gasteiger partial charge < -0.3 is 19.4 Å². The van der Waals surface area contributed by atoms with Crippen LogP contribution in [0.2, 0.25) is 0 Å². The number of rotatable bonds is 5. The average molecular weight is 346 g/mol. The van der Waals surface area contributed by atoms with Crippen LogP contribution in [0.1, 0.15) is 62.4 Å². The molecule has 2 atom stereocenters. The molecular weight excluding hydrogens is 316 g/mol. The highest BCUT2D eigenvalue weighted by molar-refractivity contribution is 5.91. The van der Waals surface area contributed by atoms with Crippen LogP contribution in [0.15, 0.2) is 22.8 Å². The standard InChI is InChI=1S/C20H30N2O3/c1-2-24-18-14-17(20(18)9-3-4-10-20)21-15-7-11-22(12-8-15)19(23)16-6-5-13-25-16/h5-6,13,15,17-18,21H,2-4,7-12,14H2,1H3/t17-,18+/m1/s1. The topological polar surface area (TPSA) is 54.7 Å². The minimum Gasteiger partial charge on any atom is -0.459 e. The number of hydrogen-bond acceptors (Lipinski definition) is 4. The van der Waals surface area contributed by atoms with E-state index >= 15 is 0 Å². The van der Waals surface area contributed by atoms with Gasteiger partial charge in [-0.1, -0.05) is 12.8 Å². The van der Waals surface area contributed by atoms with Crippen molar-refractivity contribution in [1.82, 2.24) is 10.2 Å². The Morgan fingerprint density at radius 3 is 2.76 bits per heavy atom. The summed E-state index contributed by atoms with van der Waals surface area (Å²) in [5.74, 6) is 0.477. The quantitative estimate of drug-likeness (QED) is 0.889. The van der Waals surface area contributed by atoms with E-state index in [4.69, 9.17) is 9.15 Å². The molecule has 5 nitrogen and oxygen atoms in total. The van der Waals surface area contributed by atoms with Crippen molar-refractivity contribution in [3.8, 4) is 0 Å². The molecule has 1 aromatic heterocycles. The molecule has 2 heterocycles. The van der Waals surface area contributed by atoms with Crippen LogP contribution in [0.4, 0.5) is 0 Å². The van der Waals surface area contributed by atoms with Gasteiger partial charge in [0.1, 0.15) is 0 Å². The molecule has 2 saturated carbocycles. The van der Waals surface area contributed by atoms with Crippen LogP contribution >= 0.6 is 0 Å². The molecule has 0 aromatic carbocycles. The summed E-state index contributed by atoms with van der Waals surface area (Å²) in [5, 5.41) is 3.93. The average Bonchev–Trinajstić information content (AvgIpc) is 3.33. The van der Waals surface area contributed by atoms with Gasteiger partial charge in [0.05, 0.1) is 12.4 Å². The van der Waals surface area contributed by atoms with Gasteiger partial charge in [-0.15, -0.1) is 0 Å². The first-order valence-electron chi connectivity index (χ1n) is 9.93. The Balaban J connectivity index is 1.30. The monoisotopic (exact) mass is 346 g/mol. The van der Waals surface area contributed by atoms with Crippen LogP contribution in [-0.4, -0.2) is 48.7 Å². The molecular formula is C20H30N2O3. The van der Waals surface area contributed by atoms with Gasteiger partial charge in [0.2, 0.25) is 0 Å². The van der Waals surface area contributed by atoms with E-state index in [9.17, 15) is 4.79 Å². The highest BCUT2D eigenvalue weighted by atomic mass is 16.5. The van der Waals surface area contributed by atoms with E-state index in [1.54, 1.807) is 18.4 Å². The van der Waals surface area contributed by atoms with Gasteiger partial charge in [-0.05, 0) is 51.2 Å². The van der Waals surface area contributed by atoms with Crippen molar-refractivity contribution in [3.05, 3.63) is 24.2 Å². The zero-order valence-electron chi connectivity index (χ0n) is 15.2. The van der Waals surface area contributed by atoms with E-state index in [2.05, 4.69) is 12.2 Å². The molecule has 0 bridgehead atoms. The van der Waals surface area contributed by atoms with Crippen molar-refractivity contribution in [2.45, 2.75) is 70.1 Å². The maximum atomic E-state index is 12.4. The molecule has 1 spiro atoms. The second-order valence-corrected chi connectivity index (χ2v) is 7.88. The highest BCUT2D eigenvalue weighted by Crippen LogP contribution is 2.55. The molecule has 1 aliphatic heterocycles. The van der Waals surface area contributed by atoms with Crippen LogP contribution in [0.3, 0.4) is 0 Å². The van der Waals surface area contributed by atoms with Crippen molar-refractivity contribution in [3.63, 3.8) is 0 Å². The molecule has 25 heavy (non-hydrogen) atoms. The summed E-state index contributed by atoms with van der Waals surface area (Å²) >= 11 is 0. The smallest absolute Gasteiger partial charge is 0.289 e. The molecule has 0 radical (unpaired) electrons. The molecule has 138 valence electrons. The van der Waals surface area contributed by atoms with Crippen LogP contribution in [0.5, 0.6) is 0 Å².